The summed E-state index contributed by atoms with van der Waals surface area (Å²) in [7, 11) is 0. The number of benzene rings is 2. The molecule has 2 saturated heterocycles. The zero-order chi connectivity index (χ0) is 24.7. The first-order valence-corrected chi connectivity index (χ1v) is 13.0. The van der Waals surface area contributed by atoms with Crippen molar-refractivity contribution in [2.75, 3.05) is 45.8 Å². The molecule has 188 valence electrons. The van der Waals surface area contributed by atoms with Crippen molar-refractivity contribution in [2.45, 2.75) is 26.3 Å². The largest absolute Gasteiger partial charge is 0.340 e. The number of amides is 1. The molecule has 1 amide bonds. The normalized spacial score (nSPS) is 19.7. The lowest BCUT2D eigenvalue weighted by molar-refractivity contribution is -0.139. The van der Waals surface area contributed by atoms with Gasteiger partial charge in [-0.3, -0.25) is 14.6 Å². The maximum Gasteiger partial charge on any atom is 0.241 e. The number of piperidine rings is 1. The number of hydrogen-bond donors (Lipinski definition) is 0. The van der Waals surface area contributed by atoms with E-state index in [2.05, 4.69) is 80.3 Å². The summed E-state index contributed by atoms with van der Waals surface area (Å²) in [5.74, 6) is 1.57. The summed E-state index contributed by atoms with van der Waals surface area (Å²) in [4.78, 5) is 24.7. The van der Waals surface area contributed by atoms with Crippen LogP contribution in [0.5, 0.6) is 0 Å². The van der Waals surface area contributed by atoms with Crippen LogP contribution in [-0.4, -0.2) is 76.6 Å². The highest BCUT2D eigenvalue weighted by Gasteiger charge is 2.31. The number of hydrogen-bond acceptors (Lipinski definition) is 6. The number of nitrogens with zero attached hydrogens (tertiary/aromatic N) is 5. The summed E-state index contributed by atoms with van der Waals surface area (Å²) in [6, 6.07) is 18.5. The van der Waals surface area contributed by atoms with Gasteiger partial charge in [0.05, 0.1) is 12.5 Å². The van der Waals surface area contributed by atoms with Crippen LogP contribution < -0.4 is 0 Å². The van der Waals surface area contributed by atoms with Crippen LogP contribution in [0.3, 0.4) is 0 Å². The molecule has 0 aliphatic carbocycles. The number of rotatable bonds is 7. The molecule has 2 aromatic carbocycles. The molecule has 2 aliphatic heterocycles. The van der Waals surface area contributed by atoms with Crippen molar-refractivity contribution in [1.82, 2.24) is 24.8 Å². The molecule has 2 fully saturated rings. The van der Waals surface area contributed by atoms with Gasteiger partial charge in [-0.05, 0) is 37.9 Å². The summed E-state index contributed by atoms with van der Waals surface area (Å²) in [6.07, 6.45) is 6.35. The molecule has 1 aromatic heterocycles. The van der Waals surface area contributed by atoms with E-state index in [0.29, 0.717) is 24.2 Å². The zero-order valence-electron chi connectivity index (χ0n) is 21.1. The fourth-order valence-electron chi connectivity index (χ4n) is 5.12. The van der Waals surface area contributed by atoms with Gasteiger partial charge in [-0.1, -0.05) is 71.4 Å². The van der Waals surface area contributed by atoms with Crippen molar-refractivity contribution in [3.8, 4) is 11.4 Å². The first kappa shape index (κ1) is 24.4. The second-order valence-corrected chi connectivity index (χ2v) is 9.89. The van der Waals surface area contributed by atoms with Crippen LogP contribution in [0.2, 0.25) is 0 Å². The average molecular weight is 486 g/mol. The van der Waals surface area contributed by atoms with Crippen LogP contribution in [0.4, 0.5) is 0 Å². The van der Waals surface area contributed by atoms with Crippen LogP contribution in [0.15, 0.2) is 65.2 Å². The van der Waals surface area contributed by atoms with Gasteiger partial charge < -0.3 is 9.42 Å². The van der Waals surface area contributed by atoms with Crippen molar-refractivity contribution >= 4 is 12.0 Å². The maximum absolute atomic E-state index is 13.3. The Morgan fingerprint density at radius 2 is 1.86 bits per heavy atom. The van der Waals surface area contributed by atoms with E-state index < -0.39 is 0 Å². The number of likely N-dealkylation sites (tertiary alicyclic amines) is 1. The van der Waals surface area contributed by atoms with E-state index in [1.165, 1.54) is 11.1 Å². The Labute approximate surface area is 213 Å². The van der Waals surface area contributed by atoms with E-state index in [0.717, 1.165) is 64.2 Å². The van der Waals surface area contributed by atoms with Gasteiger partial charge in [0.15, 0.2) is 0 Å². The molecule has 3 aromatic rings. The Morgan fingerprint density at radius 1 is 1.03 bits per heavy atom. The summed E-state index contributed by atoms with van der Waals surface area (Å²) in [5, 5.41) is 4.17. The Balaban J connectivity index is 1.09. The van der Waals surface area contributed by atoms with E-state index >= 15 is 0 Å². The van der Waals surface area contributed by atoms with E-state index in [1.54, 1.807) is 0 Å². The monoisotopic (exact) mass is 485 g/mol. The number of piperazine rings is 1. The second kappa shape index (κ2) is 11.6. The Hall–Kier alpha value is -3.29. The van der Waals surface area contributed by atoms with Gasteiger partial charge in [-0.25, -0.2) is 0 Å². The third kappa shape index (κ3) is 6.28. The van der Waals surface area contributed by atoms with Crippen molar-refractivity contribution in [3.05, 3.63) is 77.7 Å². The first-order valence-electron chi connectivity index (χ1n) is 13.0. The molecule has 1 unspecified atom stereocenters. The van der Waals surface area contributed by atoms with Gasteiger partial charge in [0, 0.05) is 44.8 Å². The minimum Gasteiger partial charge on any atom is -0.340 e. The highest BCUT2D eigenvalue weighted by molar-refractivity contribution is 5.79. The molecule has 1 atom stereocenters. The van der Waals surface area contributed by atoms with Crippen molar-refractivity contribution in [3.63, 3.8) is 0 Å². The molecular formula is C29H35N5O2. The highest BCUT2D eigenvalue weighted by Crippen LogP contribution is 2.23. The predicted octanol–water partition coefficient (Wildman–Crippen LogP) is 4.11. The summed E-state index contributed by atoms with van der Waals surface area (Å²) in [5.41, 5.74) is 3.35. The quantitative estimate of drug-likeness (QED) is 0.502. The molecule has 36 heavy (non-hydrogen) atoms. The van der Waals surface area contributed by atoms with Gasteiger partial charge in [-0.15, -0.1) is 0 Å². The van der Waals surface area contributed by atoms with E-state index in [-0.39, 0.29) is 5.92 Å². The maximum atomic E-state index is 13.3. The predicted molar refractivity (Wildman–Crippen MR) is 141 cm³/mol. The number of aryl methyl sites for hydroxylation is 1. The molecule has 0 radical (unpaired) electrons. The molecule has 2 aliphatic rings. The SMILES string of the molecule is Cc1cccc(-c2noc(CN3CCCC(C(=O)N4CCN(C/C=C/c5ccccc5)CC4)C3)n2)c1. The fourth-order valence-corrected chi connectivity index (χ4v) is 5.12. The Morgan fingerprint density at radius 3 is 2.67 bits per heavy atom. The highest BCUT2D eigenvalue weighted by atomic mass is 16.5. The molecule has 0 spiro atoms. The fraction of sp³-hybridized carbons (Fsp3) is 0.414. The van der Waals surface area contributed by atoms with Crippen molar-refractivity contribution in [1.29, 1.82) is 0 Å². The van der Waals surface area contributed by atoms with Crippen LogP contribution in [-0.2, 0) is 11.3 Å². The van der Waals surface area contributed by atoms with E-state index in [9.17, 15) is 4.79 Å². The number of carbonyl (C=O) groups is 1. The summed E-state index contributed by atoms with van der Waals surface area (Å²) in [6.45, 7) is 8.71. The number of aromatic nitrogens is 2. The van der Waals surface area contributed by atoms with Crippen LogP contribution in [0, 0.1) is 12.8 Å². The molecule has 3 heterocycles. The third-order valence-electron chi connectivity index (χ3n) is 7.12. The lowest BCUT2D eigenvalue weighted by Gasteiger charge is -2.38. The molecule has 7 heteroatoms. The second-order valence-electron chi connectivity index (χ2n) is 9.89. The zero-order valence-corrected chi connectivity index (χ0v) is 21.1. The van der Waals surface area contributed by atoms with Crippen LogP contribution in [0.25, 0.3) is 17.5 Å². The molecule has 0 saturated carbocycles. The van der Waals surface area contributed by atoms with Crippen molar-refractivity contribution < 1.29 is 9.32 Å². The lowest BCUT2D eigenvalue weighted by atomic mass is 9.96. The van der Waals surface area contributed by atoms with E-state index in [4.69, 9.17) is 4.52 Å². The minimum absolute atomic E-state index is 0.0439. The minimum atomic E-state index is 0.0439. The first-order chi connectivity index (χ1) is 17.6. The summed E-state index contributed by atoms with van der Waals surface area (Å²) >= 11 is 0. The van der Waals surface area contributed by atoms with Gasteiger partial charge >= 0.3 is 0 Å². The van der Waals surface area contributed by atoms with Gasteiger partial charge in [-0.2, -0.15) is 4.98 Å². The van der Waals surface area contributed by atoms with E-state index in [1.807, 2.05) is 18.2 Å². The van der Waals surface area contributed by atoms with Crippen LogP contribution in [0.1, 0.15) is 29.9 Å². The lowest BCUT2D eigenvalue weighted by Crippen LogP contribution is -2.52. The smallest absolute Gasteiger partial charge is 0.241 e. The van der Waals surface area contributed by atoms with Crippen LogP contribution >= 0.6 is 0 Å². The van der Waals surface area contributed by atoms with Crippen molar-refractivity contribution in [2.24, 2.45) is 5.92 Å². The van der Waals surface area contributed by atoms with Gasteiger partial charge in [0.1, 0.15) is 0 Å². The topological polar surface area (TPSA) is 65.7 Å². The third-order valence-corrected chi connectivity index (χ3v) is 7.12. The molecule has 0 bridgehead atoms. The molecular weight excluding hydrogens is 450 g/mol. The van der Waals surface area contributed by atoms with Gasteiger partial charge in [0.2, 0.25) is 17.6 Å². The number of carbonyl (C=O) groups excluding carboxylic acids is 1. The molecule has 7 nitrogen and oxygen atoms in total. The van der Waals surface area contributed by atoms with Gasteiger partial charge in [0.25, 0.3) is 0 Å². The summed E-state index contributed by atoms with van der Waals surface area (Å²) < 4.78 is 5.54. The Bertz CT molecular complexity index is 1170. The average Bonchev–Trinajstić information content (AvgIpc) is 3.38. The molecule has 0 N–H and O–H groups in total. The molecule has 5 rings (SSSR count). The Kier molecular flexibility index (Phi) is 7.88. The standard InChI is InChI=1S/C29H35N5O2/c1-23-8-5-12-25(20-23)28-30-27(36-31-28)22-33-15-7-13-26(21-33)29(35)34-18-16-32(17-19-34)14-6-11-24-9-3-2-4-10-24/h2-6,8-12,20,26H,7,13-19,21-22H2,1H3/b11-6+.